The van der Waals surface area contributed by atoms with Crippen molar-refractivity contribution in [3.05, 3.63) is 0 Å². The normalized spacial score (nSPS) is 25.1. The van der Waals surface area contributed by atoms with Crippen molar-refractivity contribution in [2.75, 3.05) is 12.4 Å². The lowest BCUT2D eigenvalue weighted by molar-refractivity contribution is -0.143. The lowest BCUT2D eigenvalue weighted by Crippen LogP contribution is -2.14. The second-order valence-electron chi connectivity index (χ2n) is 1.41. The Bertz CT molecular complexity index is 102. The third kappa shape index (κ3) is 2.43. The summed E-state index contributed by atoms with van der Waals surface area (Å²) in [7, 11) is 0. The van der Waals surface area contributed by atoms with Gasteiger partial charge in [-0.05, 0) is 0 Å². The molecule has 1 N–H and O–H groups in total. The molecule has 0 aromatic carbocycles. The van der Waals surface area contributed by atoms with Gasteiger partial charge in [-0.25, -0.2) is 4.79 Å². The van der Waals surface area contributed by atoms with E-state index in [1.165, 1.54) is 11.8 Å². The van der Waals surface area contributed by atoms with Crippen LogP contribution in [0.3, 0.4) is 0 Å². The van der Waals surface area contributed by atoms with Crippen LogP contribution < -0.4 is 0 Å². The monoisotopic (exact) mass is 170 g/mol. The molecule has 5 heteroatoms. The first kappa shape index (κ1) is 9.07. The van der Waals surface area contributed by atoms with Crippen LogP contribution in [0.5, 0.6) is 0 Å². The predicted molar refractivity (Wildman–Crippen MR) is 37.1 cm³/mol. The predicted octanol–water partition coefficient (Wildman–Crippen LogP) is 0.582. The largest absolute Gasteiger partial charge is 0.479 e. The third-order valence-corrected chi connectivity index (χ3v) is 1.87. The van der Waals surface area contributed by atoms with Crippen molar-refractivity contribution in [2.45, 2.75) is 5.44 Å². The molecule has 1 unspecified atom stereocenters. The van der Waals surface area contributed by atoms with Gasteiger partial charge < -0.3 is 9.84 Å². The molecule has 0 aliphatic carbocycles. The fraction of sp³-hybridized carbons (Fsp3) is 0.750. The highest BCUT2D eigenvalue weighted by atomic mass is 35.5. The molecule has 1 atom stereocenters. The second-order valence-corrected chi connectivity index (χ2v) is 2.58. The fourth-order valence-corrected chi connectivity index (χ4v) is 1.24. The molecule has 9 heavy (non-hydrogen) atoms. The van der Waals surface area contributed by atoms with E-state index >= 15 is 0 Å². The molecule has 1 saturated heterocycles. The summed E-state index contributed by atoms with van der Waals surface area (Å²) in [6, 6.07) is 0. The first-order valence-corrected chi connectivity index (χ1v) is 3.31. The molecule has 54 valence electrons. The number of carboxylic acids is 1. The SMILES string of the molecule is Cl.O=C(O)C1OCCS1. The molecule has 0 bridgehead atoms. The second kappa shape index (κ2) is 3.98. The Hall–Kier alpha value is 0.0700. The van der Waals surface area contributed by atoms with E-state index in [0.29, 0.717) is 6.61 Å². The number of hydrogen-bond donors (Lipinski definition) is 1. The zero-order chi connectivity index (χ0) is 5.98. The van der Waals surface area contributed by atoms with Gasteiger partial charge in [-0.3, -0.25) is 0 Å². The van der Waals surface area contributed by atoms with Crippen molar-refractivity contribution in [3.8, 4) is 0 Å². The quantitative estimate of drug-likeness (QED) is 0.626. The first-order chi connectivity index (χ1) is 3.80. The van der Waals surface area contributed by atoms with Gasteiger partial charge in [0.05, 0.1) is 6.61 Å². The molecule has 1 fully saturated rings. The average molecular weight is 171 g/mol. The Kier molecular flexibility index (Phi) is 4.01. The topological polar surface area (TPSA) is 46.5 Å². The minimum atomic E-state index is -0.868. The van der Waals surface area contributed by atoms with E-state index in [2.05, 4.69) is 0 Å². The third-order valence-electron chi connectivity index (χ3n) is 0.823. The van der Waals surface area contributed by atoms with Crippen LogP contribution in [-0.4, -0.2) is 28.9 Å². The lowest BCUT2D eigenvalue weighted by atomic mass is 10.7. The van der Waals surface area contributed by atoms with Gasteiger partial charge in [-0.1, -0.05) is 0 Å². The summed E-state index contributed by atoms with van der Waals surface area (Å²) < 4.78 is 4.78. The number of thioether (sulfide) groups is 1. The molecule has 1 rings (SSSR count). The van der Waals surface area contributed by atoms with Crippen molar-refractivity contribution in [1.29, 1.82) is 0 Å². The van der Waals surface area contributed by atoms with Crippen LogP contribution in [0.15, 0.2) is 0 Å². The van der Waals surface area contributed by atoms with Gasteiger partial charge in [-0.2, -0.15) is 0 Å². The number of hydrogen-bond acceptors (Lipinski definition) is 3. The van der Waals surface area contributed by atoms with Crippen LogP contribution in [0, 0.1) is 0 Å². The van der Waals surface area contributed by atoms with Crippen molar-refractivity contribution < 1.29 is 14.6 Å². The molecule has 0 spiro atoms. The molecular formula is C4H7ClO3S. The molecule has 0 saturated carbocycles. The van der Waals surface area contributed by atoms with Gasteiger partial charge >= 0.3 is 5.97 Å². The zero-order valence-corrected chi connectivity index (χ0v) is 6.20. The standard InChI is InChI=1S/C4H6O3S.ClH/c5-3(6)4-7-1-2-8-4;/h4H,1-2H2,(H,5,6);1H. The van der Waals surface area contributed by atoms with Crippen molar-refractivity contribution in [3.63, 3.8) is 0 Å². The Morgan fingerprint density at radius 1 is 1.78 bits per heavy atom. The molecule has 1 aliphatic rings. The van der Waals surface area contributed by atoms with E-state index in [1.54, 1.807) is 0 Å². The number of ether oxygens (including phenoxy) is 1. The number of aliphatic carboxylic acids is 1. The van der Waals surface area contributed by atoms with Crippen LogP contribution in [0.25, 0.3) is 0 Å². The van der Waals surface area contributed by atoms with Gasteiger partial charge in [-0.15, -0.1) is 24.2 Å². The summed E-state index contributed by atoms with van der Waals surface area (Å²) in [5.41, 5.74) is -0.602. The maximum absolute atomic E-state index is 10.1. The molecule has 1 heterocycles. The highest BCUT2D eigenvalue weighted by Gasteiger charge is 2.22. The fourth-order valence-electron chi connectivity index (χ4n) is 0.501. The number of carbonyl (C=O) groups is 1. The van der Waals surface area contributed by atoms with Crippen LogP contribution in [0.4, 0.5) is 0 Å². The maximum Gasteiger partial charge on any atom is 0.343 e. The Labute approximate surface area is 63.2 Å². The van der Waals surface area contributed by atoms with Crippen LogP contribution >= 0.6 is 24.2 Å². The Morgan fingerprint density at radius 2 is 2.44 bits per heavy atom. The summed E-state index contributed by atoms with van der Waals surface area (Å²) >= 11 is 1.33. The van der Waals surface area contributed by atoms with Crippen molar-refractivity contribution >= 4 is 30.1 Å². The van der Waals surface area contributed by atoms with Crippen molar-refractivity contribution in [2.24, 2.45) is 0 Å². The Balaban J connectivity index is 0.000000640. The Morgan fingerprint density at radius 3 is 2.67 bits per heavy atom. The minimum absolute atomic E-state index is 0. The number of carboxylic acid groups (broad SMARTS) is 1. The molecular weight excluding hydrogens is 164 g/mol. The van der Waals surface area contributed by atoms with Gasteiger partial charge in [0.2, 0.25) is 5.44 Å². The summed E-state index contributed by atoms with van der Waals surface area (Å²) in [5.74, 6) is -0.0655. The van der Waals surface area contributed by atoms with Crippen molar-refractivity contribution in [1.82, 2.24) is 0 Å². The molecule has 0 radical (unpaired) electrons. The first-order valence-electron chi connectivity index (χ1n) is 2.27. The number of rotatable bonds is 1. The highest BCUT2D eigenvalue weighted by molar-refractivity contribution is 8.00. The van der Waals surface area contributed by atoms with E-state index in [1.807, 2.05) is 0 Å². The van der Waals surface area contributed by atoms with E-state index < -0.39 is 11.4 Å². The zero-order valence-electron chi connectivity index (χ0n) is 4.57. The van der Waals surface area contributed by atoms with Gasteiger partial charge in [0.1, 0.15) is 0 Å². The van der Waals surface area contributed by atoms with E-state index in [-0.39, 0.29) is 12.4 Å². The van der Waals surface area contributed by atoms with E-state index in [9.17, 15) is 4.79 Å². The lowest BCUT2D eigenvalue weighted by Gasteiger charge is -1.97. The van der Waals surface area contributed by atoms with Gasteiger partial charge in [0.15, 0.2) is 0 Å². The molecule has 3 nitrogen and oxygen atoms in total. The molecule has 0 aromatic heterocycles. The number of halogens is 1. The van der Waals surface area contributed by atoms with Crippen LogP contribution in [-0.2, 0) is 9.53 Å². The smallest absolute Gasteiger partial charge is 0.343 e. The maximum atomic E-state index is 10.1. The minimum Gasteiger partial charge on any atom is -0.479 e. The van der Waals surface area contributed by atoms with Crippen LogP contribution in [0.2, 0.25) is 0 Å². The summed E-state index contributed by atoms with van der Waals surface area (Å²) in [6.45, 7) is 0.571. The molecule has 0 amide bonds. The summed E-state index contributed by atoms with van der Waals surface area (Å²) in [4.78, 5) is 10.1. The summed E-state index contributed by atoms with van der Waals surface area (Å²) in [5, 5.41) is 8.27. The molecule has 0 aromatic rings. The summed E-state index contributed by atoms with van der Waals surface area (Å²) in [6.07, 6.45) is 0. The van der Waals surface area contributed by atoms with Crippen LogP contribution in [0.1, 0.15) is 0 Å². The van der Waals surface area contributed by atoms with E-state index in [4.69, 9.17) is 9.84 Å². The van der Waals surface area contributed by atoms with Gasteiger partial charge in [0, 0.05) is 5.75 Å². The molecule has 1 aliphatic heterocycles. The highest BCUT2D eigenvalue weighted by Crippen LogP contribution is 2.18. The average Bonchev–Trinajstić information content (AvgIpc) is 2.12. The van der Waals surface area contributed by atoms with E-state index in [0.717, 1.165) is 5.75 Å². The van der Waals surface area contributed by atoms with Gasteiger partial charge in [0.25, 0.3) is 0 Å².